The highest BCUT2D eigenvalue weighted by atomic mass is 127. The molecule has 1 unspecified atom stereocenters. The highest BCUT2D eigenvalue weighted by molar-refractivity contribution is 14.1. The number of rotatable bonds is 8. The molecule has 8 heteroatoms. The first kappa shape index (κ1) is 20.2. The van der Waals surface area contributed by atoms with Crippen LogP contribution in [0, 0.1) is 13.7 Å². The molecule has 124 valence electrons. The quantitative estimate of drug-likeness (QED) is 0.202. The largest absolute Gasteiger partial charge is 0.404 e. The third-order valence-electron chi connectivity index (χ3n) is 4.01. The van der Waals surface area contributed by atoms with Crippen molar-refractivity contribution in [2.45, 2.75) is 45.0 Å². The molecule has 1 rings (SSSR count). The van der Waals surface area contributed by atoms with E-state index in [0.29, 0.717) is 15.6 Å². The van der Waals surface area contributed by atoms with Gasteiger partial charge >= 0.3 is 0 Å². The predicted molar refractivity (Wildman–Crippen MR) is 102 cm³/mol. The van der Waals surface area contributed by atoms with Gasteiger partial charge in [-0.25, -0.2) is 0 Å². The molecule has 0 spiro atoms. The summed E-state index contributed by atoms with van der Waals surface area (Å²) < 4.78 is 7.20. The van der Waals surface area contributed by atoms with Gasteiger partial charge in [-0.15, -0.1) is 0 Å². The van der Waals surface area contributed by atoms with Crippen LogP contribution in [0.15, 0.2) is 12.1 Å². The van der Waals surface area contributed by atoms with Crippen molar-refractivity contribution in [3.63, 3.8) is 0 Å². The Hall–Kier alpha value is 0.107. The second-order valence-corrected chi connectivity index (χ2v) is 11.9. The zero-order valence-electron chi connectivity index (χ0n) is 12.9. The summed E-state index contributed by atoms with van der Waals surface area (Å²) in [7, 11) is -2.01. The molecular weight excluding hydrogens is 456 g/mol. The van der Waals surface area contributed by atoms with Crippen LogP contribution >= 0.6 is 45.8 Å². The Morgan fingerprint density at radius 1 is 1.23 bits per heavy atom. The van der Waals surface area contributed by atoms with E-state index in [4.69, 9.17) is 27.6 Å². The van der Waals surface area contributed by atoms with Crippen LogP contribution in [0.25, 0.3) is 0 Å². The van der Waals surface area contributed by atoms with Gasteiger partial charge in [-0.2, -0.15) is 0 Å². The van der Waals surface area contributed by atoms with E-state index in [2.05, 4.69) is 43.4 Å². The fraction of sp³-hybridized carbons (Fsp3) is 0.571. The van der Waals surface area contributed by atoms with Gasteiger partial charge in [0, 0.05) is 24.1 Å². The van der Waals surface area contributed by atoms with Crippen LogP contribution in [0.3, 0.4) is 0 Å². The van der Waals surface area contributed by atoms with Gasteiger partial charge in [0.05, 0.1) is 0 Å². The molecule has 1 atom stereocenters. The second kappa shape index (κ2) is 8.82. The van der Waals surface area contributed by atoms with Crippen LogP contribution in [-0.2, 0) is 4.43 Å². The topological polar surface area (TPSA) is 52.4 Å². The normalized spacial score (nSPS) is 13.2. The fourth-order valence-corrected chi connectivity index (χ4v) is 7.00. The summed E-state index contributed by atoms with van der Waals surface area (Å²) in [6.07, 6.45) is -0.696. The molecule has 0 fully saturated rings. The van der Waals surface area contributed by atoms with Gasteiger partial charge in [0.1, 0.15) is 6.10 Å². The zero-order valence-corrected chi connectivity index (χ0v) is 17.5. The zero-order chi connectivity index (χ0) is 16.9. The van der Waals surface area contributed by atoms with E-state index in [0.717, 1.165) is 21.7 Å². The lowest BCUT2D eigenvalue weighted by molar-refractivity contribution is -0.490. The Bertz CT molecular complexity index is 510. The first-order valence-corrected chi connectivity index (χ1v) is 11.6. The van der Waals surface area contributed by atoms with Crippen LogP contribution in [0.1, 0.15) is 32.4 Å². The molecule has 0 heterocycles. The molecule has 0 radical (unpaired) electrons. The van der Waals surface area contributed by atoms with E-state index in [-0.39, 0.29) is 11.5 Å². The van der Waals surface area contributed by atoms with Crippen molar-refractivity contribution < 1.29 is 9.35 Å². The molecule has 0 bridgehead atoms. The van der Waals surface area contributed by atoms with Crippen LogP contribution in [-0.4, -0.2) is 19.8 Å². The highest BCUT2D eigenvalue weighted by Gasteiger charge is 2.36. The number of hydrogen-bond donors (Lipinski definition) is 0. The van der Waals surface area contributed by atoms with Gasteiger partial charge < -0.3 is 4.43 Å². The van der Waals surface area contributed by atoms with Crippen LogP contribution < -0.4 is 0 Å². The Kier molecular flexibility index (Phi) is 8.08. The number of nitrogens with zero attached hydrogens (tertiary/aromatic N) is 1. The second-order valence-electron chi connectivity index (χ2n) is 5.15. The van der Waals surface area contributed by atoms with Crippen molar-refractivity contribution in [2.75, 3.05) is 6.54 Å². The first-order chi connectivity index (χ1) is 10.3. The van der Waals surface area contributed by atoms with Crippen molar-refractivity contribution >= 4 is 54.1 Å². The SMILES string of the molecule is CC[Si](CC)(CC)OC(C[N+](=O)[O-])c1c(Cl)cc(I)cc1Cl. The van der Waals surface area contributed by atoms with Gasteiger partial charge in [-0.05, 0) is 52.9 Å². The standard InChI is InChI=1S/C14H20Cl2INO3Si/c1-4-22(5-2,6-3)21-13(9-18(19)20)14-11(15)7-10(17)8-12(14)16/h7-8,13H,4-6,9H2,1-3H3. The Morgan fingerprint density at radius 3 is 2.05 bits per heavy atom. The maximum Gasteiger partial charge on any atom is 0.232 e. The van der Waals surface area contributed by atoms with Crippen LogP contribution in [0.2, 0.25) is 28.2 Å². The summed E-state index contributed by atoms with van der Waals surface area (Å²) in [5.41, 5.74) is 0.535. The monoisotopic (exact) mass is 475 g/mol. The molecule has 0 aliphatic carbocycles. The summed E-state index contributed by atoms with van der Waals surface area (Å²) in [4.78, 5) is 10.7. The van der Waals surface area contributed by atoms with E-state index in [9.17, 15) is 10.1 Å². The lowest BCUT2D eigenvalue weighted by Gasteiger charge is -2.32. The third kappa shape index (κ3) is 5.05. The number of halogens is 3. The molecule has 0 aromatic heterocycles. The molecule has 0 aliphatic rings. The number of benzene rings is 1. The summed E-state index contributed by atoms with van der Waals surface area (Å²) in [5.74, 6) is 0. The Morgan fingerprint density at radius 2 is 1.68 bits per heavy atom. The molecule has 0 saturated heterocycles. The van der Waals surface area contributed by atoms with Gasteiger partial charge in [0.2, 0.25) is 6.54 Å². The minimum absolute atomic E-state index is 0.325. The van der Waals surface area contributed by atoms with E-state index in [1.807, 2.05) is 0 Å². The third-order valence-corrected chi connectivity index (χ3v) is 9.90. The average Bonchev–Trinajstić information content (AvgIpc) is 2.43. The number of nitro groups is 1. The van der Waals surface area contributed by atoms with E-state index in [1.54, 1.807) is 12.1 Å². The van der Waals surface area contributed by atoms with Crippen molar-refractivity contribution in [1.82, 2.24) is 0 Å². The first-order valence-electron chi connectivity index (χ1n) is 7.22. The molecule has 1 aromatic carbocycles. The molecule has 0 saturated carbocycles. The smallest absolute Gasteiger partial charge is 0.232 e. The lowest BCUT2D eigenvalue weighted by atomic mass is 10.1. The minimum Gasteiger partial charge on any atom is -0.404 e. The van der Waals surface area contributed by atoms with Gasteiger partial charge in [0.25, 0.3) is 0 Å². The van der Waals surface area contributed by atoms with Crippen LogP contribution in [0.4, 0.5) is 0 Å². The van der Waals surface area contributed by atoms with E-state index in [1.165, 1.54) is 0 Å². The van der Waals surface area contributed by atoms with Gasteiger partial charge in [-0.3, -0.25) is 10.1 Å². The lowest BCUT2D eigenvalue weighted by Crippen LogP contribution is -2.39. The van der Waals surface area contributed by atoms with Crippen molar-refractivity contribution in [3.8, 4) is 0 Å². The van der Waals surface area contributed by atoms with Crippen LogP contribution in [0.5, 0.6) is 0 Å². The summed E-state index contributed by atoms with van der Waals surface area (Å²) in [6.45, 7) is 5.92. The molecule has 4 nitrogen and oxygen atoms in total. The van der Waals surface area contributed by atoms with Gasteiger partial charge in [-0.1, -0.05) is 44.0 Å². The summed E-state index contributed by atoms with van der Waals surface area (Å²) in [5, 5.41) is 11.9. The van der Waals surface area contributed by atoms with Crippen molar-refractivity contribution in [2.24, 2.45) is 0 Å². The Balaban J connectivity index is 3.27. The summed E-state index contributed by atoms with van der Waals surface area (Å²) >= 11 is 14.7. The molecule has 22 heavy (non-hydrogen) atoms. The average molecular weight is 476 g/mol. The molecule has 0 N–H and O–H groups in total. The van der Waals surface area contributed by atoms with Crippen molar-refractivity contribution in [3.05, 3.63) is 41.4 Å². The summed E-state index contributed by atoms with van der Waals surface area (Å²) in [6, 6.07) is 6.24. The molecule has 0 aliphatic heterocycles. The number of hydrogen-bond acceptors (Lipinski definition) is 3. The maximum absolute atomic E-state index is 11.1. The highest BCUT2D eigenvalue weighted by Crippen LogP contribution is 2.38. The van der Waals surface area contributed by atoms with E-state index < -0.39 is 14.4 Å². The minimum atomic E-state index is -2.01. The fourth-order valence-electron chi connectivity index (χ4n) is 2.49. The maximum atomic E-state index is 11.1. The van der Waals surface area contributed by atoms with E-state index >= 15 is 0 Å². The van der Waals surface area contributed by atoms with Gasteiger partial charge in [0.15, 0.2) is 8.32 Å². The Labute approximate surface area is 155 Å². The predicted octanol–water partition coefficient (Wildman–Crippen LogP) is 5.94. The van der Waals surface area contributed by atoms with Crippen molar-refractivity contribution in [1.29, 1.82) is 0 Å². The molecule has 1 aromatic rings. The molecule has 0 amide bonds. The molecular formula is C14H20Cl2INO3Si.